The van der Waals surface area contributed by atoms with Crippen molar-refractivity contribution in [2.24, 2.45) is 0 Å². The quantitative estimate of drug-likeness (QED) is 0.643. The molecule has 0 unspecified atom stereocenters. The number of anilines is 1. The lowest BCUT2D eigenvalue weighted by atomic mass is 10.7. The number of carbonyl (C=O) groups excluding carboxylic acids is 1. The summed E-state index contributed by atoms with van der Waals surface area (Å²) in [6, 6.07) is 1.66. The van der Waals surface area contributed by atoms with Crippen LogP contribution in [0, 0.1) is 0 Å². The highest BCUT2D eigenvalue weighted by Crippen LogP contribution is 1.93. The third-order valence-electron chi connectivity index (χ3n) is 0.965. The Morgan fingerprint density at radius 2 is 2.18 bits per heavy atom. The van der Waals surface area contributed by atoms with Gasteiger partial charge in [-0.05, 0) is 6.07 Å². The molecule has 0 saturated carbocycles. The number of amides is 1. The summed E-state index contributed by atoms with van der Waals surface area (Å²) in [5.41, 5.74) is 0. The molecule has 11 heavy (non-hydrogen) atoms. The number of hydrogen-bond acceptors (Lipinski definition) is 4. The van der Waals surface area contributed by atoms with Crippen LogP contribution in [0.5, 0.6) is 0 Å². The van der Waals surface area contributed by atoms with Crippen molar-refractivity contribution in [1.29, 1.82) is 0 Å². The maximum Gasteiger partial charge on any atom is 0.413 e. The van der Waals surface area contributed by atoms with Crippen molar-refractivity contribution in [3.63, 3.8) is 0 Å². The monoisotopic (exact) mass is 153 g/mol. The summed E-state index contributed by atoms with van der Waals surface area (Å²) in [7, 11) is 1.28. The summed E-state index contributed by atoms with van der Waals surface area (Å²) < 4.78 is 4.32. The average molecular weight is 153 g/mol. The van der Waals surface area contributed by atoms with E-state index in [1.165, 1.54) is 19.5 Å². The van der Waals surface area contributed by atoms with Gasteiger partial charge < -0.3 is 4.74 Å². The second-order valence-electron chi connectivity index (χ2n) is 1.69. The van der Waals surface area contributed by atoms with Crippen molar-refractivity contribution >= 4 is 12.0 Å². The summed E-state index contributed by atoms with van der Waals surface area (Å²) in [6.07, 6.45) is 2.48. The van der Waals surface area contributed by atoms with Gasteiger partial charge >= 0.3 is 6.09 Å². The van der Waals surface area contributed by atoms with Crippen LogP contribution in [0.3, 0.4) is 0 Å². The van der Waals surface area contributed by atoms with E-state index < -0.39 is 6.09 Å². The van der Waals surface area contributed by atoms with Crippen molar-refractivity contribution < 1.29 is 9.53 Å². The van der Waals surface area contributed by atoms with Crippen LogP contribution in [0.4, 0.5) is 10.7 Å². The minimum atomic E-state index is -0.573. The lowest BCUT2D eigenvalue weighted by molar-refractivity contribution is 0.186. The Labute approximate surface area is 63.4 Å². The zero-order chi connectivity index (χ0) is 8.10. The second kappa shape index (κ2) is 3.50. The Morgan fingerprint density at radius 3 is 2.73 bits per heavy atom. The molecule has 0 aromatic carbocycles. The van der Waals surface area contributed by atoms with Gasteiger partial charge in [0.15, 0.2) is 0 Å². The lowest BCUT2D eigenvalue weighted by Crippen LogP contribution is -2.12. The summed E-state index contributed by atoms with van der Waals surface area (Å²) in [6.45, 7) is 0. The summed E-state index contributed by atoms with van der Waals surface area (Å²) >= 11 is 0. The van der Waals surface area contributed by atoms with E-state index in [0.29, 0.717) is 0 Å². The molecule has 58 valence electrons. The second-order valence-corrected chi connectivity index (χ2v) is 1.69. The molecule has 0 spiro atoms. The summed E-state index contributed by atoms with van der Waals surface area (Å²) in [5, 5.41) is 2.31. The third kappa shape index (κ3) is 2.21. The van der Waals surface area contributed by atoms with E-state index in [1.54, 1.807) is 6.07 Å². The van der Waals surface area contributed by atoms with E-state index in [1.807, 2.05) is 0 Å². The fraction of sp³-hybridized carbons (Fsp3) is 0.167. The minimum Gasteiger partial charge on any atom is -0.453 e. The van der Waals surface area contributed by atoms with Gasteiger partial charge in [-0.15, -0.1) is 0 Å². The van der Waals surface area contributed by atoms with E-state index >= 15 is 0 Å². The zero-order valence-electron chi connectivity index (χ0n) is 5.94. The number of methoxy groups -OCH3 is 1. The van der Waals surface area contributed by atoms with Crippen molar-refractivity contribution in [3.8, 4) is 0 Å². The molecule has 0 fully saturated rings. The molecule has 0 aliphatic heterocycles. The van der Waals surface area contributed by atoms with Crippen LogP contribution >= 0.6 is 0 Å². The Hall–Kier alpha value is -1.65. The number of nitrogens with zero attached hydrogens (tertiary/aromatic N) is 2. The molecule has 0 aliphatic carbocycles. The first kappa shape index (κ1) is 7.46. The third-order valence-corrected chi connectivity index (χ3v) is 0.965. The highest BCUT2D eigenvalue weighted by molar-refractivity contribution is 5.81. The first-order valence-corrected chi connectivity index (χ1v) is 2.95. The predicted octanol–water partition coefficient (Wildman–Crippen LogP) is 0.655. The number of ether oxygens (including phenoxy) is 1. The van der Waals surface area contributed by atoms with Gasteiger partial charge in [0.2, 0.25) is 5.95 Å². The van der Waals surface area contributed by atoms with Gasteiger partial charge in [0.05, 0.1) is 7.11 Å². The highest BCUT2D eigenvalue weighted by atomic mass is 16.5. The largest absolute Gasteiger partial charge is 0.453 e. The SMILES string of the molecule is COC(=O)Nc1ncccn1. The molecule has 0 bridgehead atoms. The molecule has 0 radical (unpaired) electrons. The van der Waals surface area contributed by atoms with E-state index in [2.05, 4.69) is 20.0 Å². The number of aromatic nitrogens is 2. The standard InChI is InChI=1S/C6H7N3O2/c1-11-6(10)9-5-7-3-2-4-8-5/h2-4H,1H3,(H,7,8,9,10). The molecule has 5 nitrogen and oxygen atoms in total. The van der Waals surface area contributed by atoms with Crippen molar-refractivity contribution in [2.75, 3.05) is 12.4 Å². The van der Waals surface area contributed by atoms with Crippen LogP contribution < -0.4 is 5.32 Å². The van der Waals surface area contributed by atoms with Crippen LogP contribution in [-0.2, 0) is 4.74 Å². The van der Waals surface area contributed by atoms with Crippen LogP contribution in [0.15, 0.2) is 18.5 Å². The topological polar surface area (TPSA) is 64.1 Å². The predicted molar refractivity (Wildman–Crippen MR) is 38.1 cm³/mol. The van der Waals surface area contributed by atoms with Crippen molar-refractivity contribution in [3.05, 3.63) is 18.5 Å². The molecular formula is C6H7N3O2. The smallest absolute Gasteiger partial charge is 0.413 e. The fourth-order valence-corrected chi connectivity index (χ4v) is 0.506. The molecule has 1 rings (SSSR count). The van der Waals surface area contributed by atoms with Gasteiger partial charge in [0.1, 0.15) is 0 Å². The van der Waals surface area contributed by atoms with Gasteiger partial charge in [0.25, 0.3) is 0 Å². The molecule has 1 amide bonds. The Kier molecular flexibility index (Phi) is 2.37. The molecule has 0 saturated heterocycles. The maximum atomic E-state index is 10.6. The Balaban J connectivity index is 2.58. The molecule has 1 heterocycles. The summed E-state index contributed by atoms with van der Waals surface area (Å²) in [4.78, 5) is 18.1. The molecule has 5 heteroatoms. The molecule has 0 atom stereocenters. The van der Waals surface area contributed by atoms with E-state index in [9.17, 15) is 4.79 Å². The van der Waals surface area contributed by atoms with Crippen molar-refractivity contribution in [2.45, 2.75) is 0 Å². The van der Waals surface area contributed by atoms with E-state index in [0.717, 1.165) is 0 Å². The van der Waals surface area contributed by atoms with Gasteiger partial charge in [-0.2, -0.15) is 0 Å². The zero-order valence-corrected chi connectivity index (χ0v) is 5.94. The number of nitrogens with one attached hydrogen (secondary N) is 1. The van der Waals surface area contributed by atoms with Gasteiger partial charge in [-0.25, -0.2) is 14.8 Å². The normalized spacial score (nSPS) is 8.82. The van der Waals surface area contributed by atoms with Crippen molar-refractivity contribution in [1.82, 2.24) is 9.97 Å². The average Bonchev–Trinajstić information content (AvgIpc) is 2.06. The van der Waals surface area contributed by atoms with Gasteiger partial charge in [-0.3, -0.25) is 5.32 Å². The van der Waals surface area contributed by atoms with Crippen LogP contribution in [0.25, 0.3) is 0 Å². The highest BCUT2D eigenvalue weighted by Gasteiger charge is 1.99. The number of carbonyl (C=O) groups is 1. The first-order valence-electron chi connectivity index (χ1n) is 2.95. The van der Waals surface area contributed by atoms with E-state index in [-0.39, 0.29) is 5.95 Å². The lowest BCUT2D eigenvalue weighted by Gasteiger charge is -1.98. The van der Waals surface area contributed by atoms with Crippen LogP contribution in [0.2, 0.25) is 0 Å². The minimum absolute atomic E-state index is 0.236. The fourth-order valence-electron chi connectivity index (χ4n) is 0.506. The molecule has 1 aromatic rings. The number of rotatable bonds is 1. The molecule has 1 aromatic heterocycles. The Bertz CT molecular complexity index is 237. The van der Waals surface area contributed by atoms with Crippen LogP contribution in [-0.4, -0.2) is 23.2 Å². The van der Waals surface area contributed by atoms with E-state index in [4.69, 9.17) is 0 Å². The van der Waals surface area contributed by atoms with Gasteiger partial charge in [0, 0.05) is 12.4 Å². The summed E-state index contributed by atoms with van der Waals surface area (Å²) in [5.74, 6) is 0.236. The first-order chi connectivity index (χ1) is 5.33. The molecule has 0 aliphatic rings. The van der Waals surface area contributed by atoms with Crippen LogP contribution in [0.1, 0.15) is 0 Å². The Morgan fingerprint density at radius 1 is 1.55 bits per heavy atom. The van der Waals surface area contributed by atoms with Gasteiger partial charge in [-0.1, -0.05) is 0 Å². The molecular weight excluding hydrogens is 146 g/mol. The molecule has 1 N–H and O–H groups in total. The number of hydrogen-bond donors (Lipinski definition) is 1. The maximum absolute atomic E-state index is 10.6.